The Morgan fingerprint density at radius 1 is 1.43 bits per heavy atom. The van der Waals surface area contributed by atoms with Gasteiger partial charge in [-0.1, -0.05) is 18.0 Å². The standard InChI is InChI=1S/C13H15ClIN3O3/c14-9-6-16-11(5-10(9)15)18-12(19)7-2-1-3-8(4-7)17-13(20)21/h5-8,17H,1-4H2,(H,20,21)(H,16,18,19)/t7-,8+/m0/s1. The van der Waals surface area contributed by atoms with Crippen LogP contribution in [0.2, 0.25) is 5.02 Å². The first-order valence-corrected chi connectivity index (χ1v) is 8.02. The Labute approximate surface area is 140 Å². The Morgan fingerprint density at radius 2 is 2.19 bits per heavy atom. The summed E-state index contributed by atoms with van der Waals surface area (Å²) in [5, 5.41) is 14.5. The predicted octanol–water partition coefficient (Wildman–Crippen LogP) is 3.10. The molecule has 114 valence electrons. The number of amides is 2. The van der Waals surface area contributed by atoms with Crippen LogP contribution in [0.1, 0.15) is 25.7 Å². The molecule has 1 heterocycles. The molecule has 0 radical (unpaired) electrons. The van der Waals surface area contributed by atoms with E-state index < -0.39 is 6.09 Å². The zero-order chi connectivity index (χ0) is 15.4. The van der Waals surface area contributed by atoms with Gasteiger partial charge in [0.25, 0.3) is 0 Å². The minimum absolute atomic E-state index is 0.127. The summed E-state index contributed by atoms with van der Waals surface area (Å²) >= 11 is 7.96. The van der Waals surface area contributed by atoms with Crippen LogP contribution in [0.15, 0.2) is 12.3 Å². The van der Waals surface area contributed by atoms with Crippen molar-refractivity contribution in [3.63, 3.8) is 0 Å². The molecule has 0 aliphatic heterocycles. The largest absolute Gasteiger partial charge is 0.465 e. The molecule has 1 saturated carbocycles. The summed E-state index contributed by atoms with van der Waals surface area (Å²) in [6.07, 6.45) is 3.32. The van der Waals surface area contributed by atoms with Gasteiger partial charge in [0.05, 0.1) is 5.02 Å². The van der Waals surface area contributed by atoms with Crippen molar-refractivity contribution in [2.75, 3.05) is 5.32 Å². The van der Waals surface area contributed by atoms with E-state index >= 15 is 0 Å². The van der Waals surface area contributed by atoms with Gasteiger partial charge in [-0.3, -0.25) is 4.79 Å². The molecule has 0 unspecified atom stereocenters. The highest BCUT2D eigenvalue weighted by Crippen LogP contribution is 2.26. The van der Waals surface area contributed by atoms with Crippen LogP contribution < -0.4 is 10.6 Å². The third-order valence-electron chi connectivity index (χ3n) is 3.43. The Hall–Kier alpha value is -1.09. The van der Waals surface area contributed by atoms with Gasteiger partial charge in [-0.05, 0) is 47.9 Å². The molecule has 2 rings (SSSR count). The predicted molar refractivity (Wildman–Crippen MR) is 87.5 cm³/mol. The second kappa shape index (κ2) is 7.26. The number of pyridine rings is 1. The van der Waals surface area contributed by atoms with Gasteiger partial charge in [-0.25, -0.2) is 9.78 Å². The first-order chi connectivity index (χ1) is 9.95. The van der Waals surface area contributed by atoms with E-state index in [1.807, 2.05) is 0 Å². The van der Waals surface area contributed by atoms with Crippen molar-refractivity contribution in [1.82, 2.24) is 10.3 Å². The average Bonchev–Trinajstić information content (AvgIpc) is 2.42. The van der Waals surface area contributed by atoms with Crippen molar-refractivity contribution in [1.29, 1.82) is 0 Å². The molecule has 1 aliphatic rings. The number of carbonyl (C=O) groups is 2. The lowest BCUT2D eigenvalue weighted by atomic mass is 9.85. The van der Waals surface area contributed by atoms with Crippen LogP contribution >= 0.6 is 34.2 Å². The zero-order valence-electron chi connectivity index (χ0n) is 11.1. The zero-order valence-corrected chi connectivity index (χ0v) is 14.0. The van der Waals surface area contributed by atoms with Crippen LogP contribution in [0, 0.1) is 9.49 Å². The molecule has 8 heteroatoms. The van der Waals surface area contributed by atoms with Crippen molar-refractivity contribution in [2.45, 2.75) is 31.7 Å². The van der Waals surface area contributed by atoms with E-state index in [0.29, 0.717) is 17.3 Å². The normalized spacial score (nSPS) is 21.6. The van der Waals surface area contributed by atoms with Crippen molar-refractivity contribution >= 4 is 52.0 Å². The van der Waals surface area contributed by atoms with E-state index in [2.05, 4.69) is 38.2 Å². The van der Waals surface area contributed by atoms with Crippen LogP contribution in [0.25, 0.3) is 0 Å². The molecule has 3 N–H and O–H groups in total. The summed E-state index contributed by atoms with van der Waals surface area (Å²) in [6.45, 7) is 0. The Bertz CT molecular complexity index is 555. The van der Waals surface area contributed by atoms with Gasteiger partial charge >= 0.3 is 6.09 Å². The lowest BCUT2D eigenvalue weighted by Gasteiger charge is -2.28. The first kappa shape index (κ1) is 16.3. The lowest BCUT2D eigenvalue weighted by Crippen LogP contribution is -2.40. The maximum absolute atomic E-state index is 12.2. The van der Waals surface area contributed by atoms with Crippen LogP contribution in [-0.2, 0) is 4.79 Å². The monoisotopic (exact) mass is 423 g/mol. The molecule has 0 aromatic carbocycles. The van der Waals surface area contributed by atoms with Crippen molar-refractivity contribution in [3.8, 4) is 0 Å². The summed E-state index contributed by atoms with van der Waals surface area (Å²) in [6, 6.07) is 1.54. The molecule has 0 saturated heterocycles. The molecule has 1 aromatic heterocycles. The topological polar surface area (TPSA) is 91.3 Å². The Kier molecular flexibility index (Phi) is 5.63. The second-order valence-electron chi connectivity index (χ2n) is 4.98. The molecule has 2 amide bonds. The molecule has 0 bridgehead atoms. The van der Waals surface area contributed by atoms with Gasteiger partial charge in [0.15, 0.2) is 0 Å². The average molecular weight is 424 g/mol. The Morgan fingerprint density at radius 3 is 2.86 bits per heavy atom. The van der Waals surface area contributed by atoms with Crippen LogP contribution in [0.5, 0.6) is 0 Å². The number of carbonyl (C=O) groups excluding carboxylic acids is 1. The minimum Gasteiger partial charge on any atom is -0.465 e. The fourth-order valence-corrected chi connectivity index (χ4v) is 2.98. The molecular formula is C13H15ClIN3O3. The molecule has 1 aliphatic carbocycles. The van der Waals surface area contributed by atoms with Gasteiger partial charge in [-0.15, -0.1) is 0 Å². The number of hydrogen-bond donors (Lipinski definition) is 3. The highest BCUT2D eigenvalue weighted by Gasteiger charge is 2.28. The van der Waals surface area contributed by atoms with E-state index in [9.17, 15) is 9.59 Å². The van der Waals surface area contributed by atoms with Gasteiger partial charge in [-0.2, -0.15) is 0 Å². The van der Waals surface area contributed by atoms with E-state index in [1.54, 1.807) is 6.07 Å². The number of halogens is 2. The van der Waals surface area contributed by atoms with Crippen molar-refractivity contribution < 1.29 is 14.7 Å². The van der Waals surface area contributed by atoms with Gasteiger partial charge in [0, 0.05) is 21.7 Å². The smallest absolute Gasteiger partial charge is 0.404 e. The lowest BCUT2D eigenvalue weighted by molar-refractivity contribution is -0.121. The van der Waals surface area contributed by atoms with Crippen molar-refractivity contribution in [3.05, 3.63) is 20.9 Å². The molecular weight excluding hydrogens is 409 g/mol. The van der Waals surface area contributed by atoms with E-state index in [0.717, 1.165) is 22.8 Å². The summed E-state index contributed by atoms with van der Waals surface area (Å²) in [5.41, 5.74) is 0. The van der Waals surface area contributed by atoms with Gasteiger partial charge in [0.2, 0.25) is 5.91 Å². The minimum atomic E-state index is -1.05. The van der Waals surface area contributed by atoms with E-state index in [1.165, 1.54) is 6.20 Å². The first-order valence-electron chi connectivity index (χ1n) is 6.57. The second-order valence-corrected chi connectivity index (χ2v) is 6.55. The number of carboxylic acid groups (broad SMARTS) is 1. The fourth-order valence-electron chi connectivity index (χ4n) is 2.44. The van der Waals surface area contributed by atoms with Gasteiger partial charge in [0.1, 0.15) is 5.82 Å². The number of aromatic nitrogens is 1. The van der Waals surface area contributed by atoms with E-state index in [-0.39, 0.29) is 17.9 Å². The number of nitrogens with zero attached hydrogens (tertiary/aromatic N) is 1. The fraction of sp³-hybridized carbons (Fsp3) is 0.462. The van der Waals surface area contributed by atoms with Gasteiger partial charge < -0.3 is 15.7 Å². The third-order valence-corrected chi connectivity index (χ3v) is 4.94. The molecule has 2 atom stereocenters. The molecule has 1 aromatic rings. The number of hydrogen-bond acceptors (Lipinski definition) is 3. The van der Waals surface area contributed by atoms with Crippen LogP contribution in [-0.4, -0.2) is 28.1 Å². The molecule has 21 heavy (non-hydrogen) atoms. The summed E-state index contributed by atoms with van der Waals surface area (Å²) in [5.74, 6) is 0.130. The van der Waals surface area contributed by atoms with E-state index in [4.69, 9.17) is 16.7 Å². The summed E-state index contributed by atoms with van der Waals surface area (Å²) < 4.78 is 0.814. The quantitative estimate of drug-likeness (QED) is 0.652. The summed E-state index contributed by atoms with van der Waals surface area (Å²) in [7, 11) is 0. The molecule has 1 fully saturated rings. The maximum atomic E-state index is 12.2. The SMILES string of the molecule is O=C(O)N[C@@H]1CCC[C@H](C(=O)Nc2cc(I)c(Cl)cn2)C1. The third kappa shape index (κ3) is 4.70. The maximum Gasteiger partial charge on any atom is 0.404 e. The summed E-state index contributed by atoms with van der Waals surface area (Å²) in [4.78, 5) is 27.0. The molecule has 0 spiro atoms. The highest BCUT2D eigenvalue weighted by atomic mass is 127. The molecule has 6 nitrogen and oxygen atoms in total. The number of anilines is 1. The van der Waals surface area contributed by atoms with Crippen LogP contribution in [0.4, 0.5) is 10.6 Å². The number of rotatable bonds is 3. The highest BCUT2D eigenvalue weighted by molar-refractivity contribution is 14.1. The number of nitrogens with one attached hydrogen (secondary N) is 2. The van der Waals surface area contributed by atoms with Crippen LogP contribution in [0.3, 0.4) is 0 Å². The van der Waals surface area contributed by atoms with Crippen molar-refractivity contribution in [2.24, 2.45) is 5.92 Å². The Balaban J connectivity index is 1.96.